The Morgan fingerprint density at radius 1 is 0.926 bits per heavy atom. The predicted molar refractivity (Wildman–Crippen MR) is 111 cm³/mol. The van der Waals surface area contributed by atoms with Crippen LogP contribution in [0.1, 0.15) is 71.6 Å². The Morgan fingerprint density at radius 2 is 1.48 bits per heavy atom. The Kier molecular flexibility index (Phi) is 5.71. The summed E-state index contributed by atoms with van der Waals surface area (Å²) in [4.78, 5) is 9.82. The van der Waals surface area contributed by atoms with Gasteiger partial charge in [0.15, 0.2) is 9.84 Å². The molecule has 0 amide bonds. The van der Waals surface area contributed by atoms with Crippen molar-refractivity contribution >= 4 is 15.7 Å². The molecule has 1 heterocycles. The number of sulfone groups is 1. The topological polar surface area (TPSA) is 72.0 Å². The standard InChI is InChI=1S/C21H31N3O2S/c1-14(15-9-11-16(12-10-15)27(8,25)26)22-18-13-17(20(2,3)4)23-19(24-18)21(5,6)7/h9-14H,1-8H3,(H,22,23,24). The van der Waals surface area contributed by atoms with Gasteiger partial charge >= 0.3 is 0 Å². The summed E-state index contributed by atoms with van der Waals surface area (Å²) in [6.45, 7) is 14.8. The van der Waals surface area contributed by atoms with Crippen LogP contribution >= 0.6 is 0 Å². The summed E-state index contributed by atoms with van der Waals surface area (Å²) in [5, 5.41) is 3.44. The molecule has 1 aromatic heterocycles. The van der Waals surface area contributed by atoms with Crippen molar-refractivity contribution in [3.63, 3.8) is 0 Å². The zero-order valence-corrected chi connectivity index (χ0v) is 18.4. The van der Waals surface area contributed by atoms with Crippen LogP contribution in [0.3, 0.4) is 0 Å². The Balaban J connectivity index is 2.35. The first-order valence-corrected chi connectivity index (χ1v) is 11.0. The Morgan fingerprint density at radius 3 is 1.93 bits per heavy atom. The van der Waals surface area contributed by atoms with E-state index in [1.165, 1.54) is 6.26 Å². The number of nitrogens with one attached hydrogen (secondary N) is 1. The Hall–Kier alpha value is -1.95. The van der Waals surface area contributed by atoms with Gasteiger partial charge in [0.25, 0.3) is 0 Å². The molecule has 148 valence electrons. The third-order valence-electron chi connectivity index (χ3n) is 4.34. The molecule has 0 saturated heterocycles. The summed E-state index contributed by atoms with van der Waals surface area (Å²) < 4.78 is 23.3. The van der Waals surface area contributed by atoms with Crippen LogP contribution in [0.25, 0.3) is 0 Å². The van der Waals surface area contributed by atoms with Crippen LogP contribution in [-0.2, 0) is 20.7 Å². The van der Waals surface area contributed by atoms with E-state index in [1.54, 1.807) is 12.1 Å². The number of hydrogen-bond acceptors (Lipinski definition) is 5. The van der Waals surface area contributed by atoms with E-state index in [4.69, 9.17) is 9.97 Å². The van der Waals surface area contributed by atoms with E-state index in [9.17, 15) is 8.42 Å². The van der Waals surface area contributed by atoms with Gasteiger partial charge in [-0.1, -0.05) is 53.7 Å². The fourth-order valence-electron chi connectivity index (χ4n) is 2.55. The van der Waals surface area contributed by atoms with Gasteiger partial charge in [-0.25, -0.2) is 18.4 Å². The lowest BCUT2D eigenvalue weighted by Gasteiger charge is -2.25. The van der Waals surface area contributed by atoms with Crippen molar-refractivity contribution < 1.29 is 8.42 Å². The predicted octanol–water partition coefficient (Wildman–Crippen LogP) is 4.65. The molecule has 1 aromatic carbocycles. The van der Waals surface area contributed by atoms with E-state index >= 15 is 0 Å². The van der Waals surface area contributed by atoms with E-state index in [2.05, 4.69) is 46.9 Å². The number of aromatic nitrogens is 2. The molecule has 0 fully saturated rings. The third kappa shape index (κ3) is 5.51. The summed E-state index contributed by atoms with van der Waals surface area (Å²) in [6, 6.07) is 8.94. The van der Waals surface area contributed by atoms with E-state index in [1.807, 2.05) is 25.1 Å². The zero-order valence-electron chi connectivity index (χ0n) is 17.6. The van der Waals surface area contributed by atoms with Crippen LogP contribution in [0.15, 0.2) is 35.2 Å². The maximum absolute atomic E-state index is 11.6. The van der Waals surface area contributed by atoms with Crippen molar-refractivity contribution in [1.29, 1.82) is 0 Å². The fraction of sp³-hybridized carbons (Fsp3) is 0.524. The van der Waals surface area contributed by atoms with Gasteiger partial charge in [-0.15, -0.1) is 0 Å². The molecule has 0 bridgehead atoms. The SMILES string of the molecule is CC(Nc1cc(C(C)(C)C)nc(C(C)(C)C)n1)c1ccc(S(C)(=O)=O)cc1. The Bertz CT molecular complexity index is 874. The molecule has 1 unspecified atom stereocenters. The van der Waals surface area contributed by atoms with Gasteiger partial charge in [-0.05, 0) is 24.6 Å². The highest BCUT2D eigenvalue weighted by molar-refractivity contribution is 7.90. The number of nitrogens with zero attached hydrogens (tertiary/aromatic N) is 2. The highest BCUT2D eigenvalue weighted by Crippen LogP contribution is 2.28. The van der Waals surface area contributed by atoms with Gasteiger partial charge < -0.3 is 5.32 Å². The second-order valence-corrected chi connectivity index (χ2v) is 11.2. The minimum Gasteiger partial charge on any atom is -0.363 e. The molecular formula is C21H31N3O2S. The van der Waals surface area contributed by atoms with Crippen molar-refractivity contribution in [2.24, 2.45) is 0 Å². The third-order valence-corrected chi connectivity index (χ3v) is 5.47. The minimum atomic E-state index is -3.19. The minimum absolute atomic E-state index is 0.0193. The van der Waals surface area contributed by atoms with Gasteiger partial charge in [0, 0.05) is 29.2 Å². The lowest BCUT2D eigenvalue weighted by molar-refractivity contribution is 0.514. The summed E-state index contributed by atoms with van der Waals surface area (Å²) in [5.74, 6) is 1.58. The molecule has 0 aliphatic carbocycles. The van der Waals surface area contributed by atoms with Gasteiger partial charge in [-0.2, -0.15) is 0 Å². The van der Waals surface area contributed by atoms with E-state index in [0.29, 0.717) is 4.90 Å². The van der Waals surface area contributed by atoms with Gasteiger partial charge in [0.05, 0.1) is 10.6 Å². The maximum Gasteiger partial charge on any atom is 0.175 e. The largest absolute Gasteiger partial charge is 0.363 e. The first kappa shape index (κ1) is 21.4. The summed E-state index contributed by atoms with van der Waals surface area (Å²) in [6.07, 6.45) is 1.21. The zero-order chi connectivity index (χ0) is 20.6. The molecule has 2 rings (SSSR count). The normalized spacial score (nSPS) is 14.1. The van der Waals surface area contributed by atoms with E-state index in [0.717, 1.165) is 22.9 Å². The molecule has 5 nitrogen and oxygen atoms in total. The van der Waals surface area contributed by atoms with Crippen molar-refractivity contribution in [2.45, 2.75) is 70.2 Å². The molecule has 1 N–H and O–H groups in total. The molecule has 0 saturated carbocycles. The first-order chi connectivity index (χ1) is 12.2. The summed E-state index contributed by atoms with van der Waals surface area (Å²) in [5.41, 5.74) is 1.75. The van der Waals surface area contributed by atoms with Crippen LogP contribution in [0.5, 0.6) is 0 Å². The van der Waals surface area contributed by atoms with Gasteiger partial charge in [0.1, 0.15) is 11.6 Å². The summed E-state index contributed by atoms with van der Waals surface area (Å²) >= 11 is 0. The molecule has 0 aliphatic rings. The quantitative estimate of drug-likeness (QED) is 0.824. The molecule has 0 radical (unpaired) electrons. The molecule has 27 heavy (non-hydrogen) atoms. The second kappa shape index (κ2) is 7.23. The first-order valence-electron chi connectivity index (χ1n) is 9.14. The van der Waals surface area contributed by atoms with Crippen LogP contribution in [0, 0.1) is 0 Å². The average Bonchev–Trinajstić information content (AvgIpc) is 2.52. The number of benzene rings is 1. The van der Waals surface area contributed by atoms with E-state index < -0.39 is 9.84 Å². The van der Waals surface area contributed by atoms with Crippen molar-refractivity contribution in [3.8, 4) is 0 Å². The Labute approximate surface area is 163 Å². The van der Waals surface area contributed by atoms with Crippen molar-refractivity contribution in [3.05, 3.63) is 47.4 Å². The van der Waals surface area contributed by atoms with Crippen LogP contribution in [0.2, 0.25) is 0 Å². The summed E-state index contributed by atoms with van der Waals surface area (Å²) in [7, 11) is -3.19. The lowest BCUT2D eigenvalue weighted by Crippen LogP contribution is -2.23. The smallest absolute Gasteiger partial charge is 0.175 e. The van der Waals surface area contributed by atoms with Crippen LogP contribution in [0.4, 0.5) is 5.82 Å². The molecule has 1 atom stereocenters. The average molecular weight is 390 g/mol. The van der Waals surface area contributed by atoms with Crippen LogP contribution in [-0.4, -0.2) is 24.6 Å². The fourth-order valence-corrected chi connectivity index (χ4v) is 3.18. The molecule has 6 heteroatoms. The maximum atomic E-state index is 11.6. The van der Waals surface area contributed by atoms with Gasteiger partial charge in [-0.3, -0.25) is 0 Å². The van der Waals surface area contributed by atoms with Crippen LogP contribution < -0.4 is 5.32 Å². The van der Waals surface area contributed by atoms with Gasteiger partial charge in [0.2, 0.25) is 0 Å². The van der Waals surface area contributed by atoms with E-state index in [-0.39, 0.29) is 16.9 Å². The highest BCUT2D eigenvalue weighted by Gasteiger charge is 2.24. The highest BCUT2D eigenvalue weighted by atomic mass is 32.2. The lowest BCUT2D eigenvalue weighted by atomic mass is 9.90. The molecule has 2 aromatic rings. The monoisotopic (exact) mass is 389 g/mol. The number of anilines is 1. The molecular weight excluding hydrogens is 358 g/mol. The van der Waals surface area contributed by atoms with Crippen molar-refractivity contribution in [2.75, 3.05) is 11.6 Å². The molecule has 0 spiro atoms. The second-order valence-electron chi connectivity index (χ2n) is 9.17. The molecule has 0 aliphatic heterocycles. The number of rotatable bonds is 4. The van der Waals surface area contributed by atoms with Crippen molar-refractivity contribution in [1.82, 2.24) is 9.97 Å². The number of hydrogen-bond donors (Lipinski definition) is 1.